The Balaban J connectivity index is 2.38. The number of unbranched alkanes of at least 4 members (excludes halogenated alkanes) is 2. The molecular weight excluding hydrogens is 278 g/mol. The Morgan fingerprint density at radius 3 is 2.36 bits per heavy atom. The molecule has 0 fully saturated rings. The maximum atomic E-state index is 12.9. The number of amides is 1. The van der Waals surface area contributed by atoms with Crippen LogP contribution in [0.15, 0.2) is 39.5 Å². The standard InChI is InChI=1S/C18H23NO3/c1-3-5-11-19(12-6-4-2)18(21)15-13-17(20)22-16-10-8-7-9-14(15)16/h7-10,13H,3-6,11-12H2,1-2H3. The van der Waals surface area contributed by atoms with Crippen molar-refractivity contribution in [3.05, 3.63) is 46.3 Å². The highest BCUT2D eigenvalue weighted by Crippen LogP contribution is 2.18. The number of hydrogen-bond donors (Lipinski definition) is 0. The second kappa shape index (κ2) is 7.78. The van der Waals surface area contributed by atoms with Crippen molar-refractivity contribution in [1.29, 1.82) is 0 Å². The van der Waals surface area contributed by atoms with E-state index in [4.69, 9.17) is 4.42 Å². The van der Waals surface area contributed by atoms with Crippen LogP contribution < -0.4 is 5.63 Å². The van der Waals surface area contributed by atoms with Gasteiger partial charge in [-0.25, -0.2) is 4.79 Å². The minimum absolute atomic E-state index is 0.0778. The molecule has 0 spiro atoms. The molecule has 4 nitrogen and oxygen atoms in total. The normalized spacial score (nSPS) is 10.8. The van der Waals surface area contributed by atoms with Gasteiger partial charge in [0.15, 0.2) is 0 Å². The summed E-state index contributed by atoms with van der Waals surface area (Å²) in [6, 6.07) is 8.50. The first-order valence-corrected chi connectivity index (χ1v) is 7.99. The molecule has 118 valence electrons. The van der Waals surface area contributed by atoms with E-state index in [-0.39, 0.29) is 5.91 Å². The summed E-state index contributed by atoms with van der Waals surface area (Å²) in [4.78, 5) is 26.4. The fourth-order valence-electron chi connectivity index (χ4n) is 2.47. The summed E-state index contributed by atoms with van der Waals surface area (Å²) in [7, 11) is 0. The monoisotopic (exact) mass is 301 g/mol. The van der Waals surface area contributed by atoms with Gasteiger partial charge in [0.05, 0.1) is 5.56 Å². The van der Waals surface area contributed by atoms with Crippen LogP contribution in [0.1, 0.15) is 49.9 Å². The molecular formula is C18H23NO3. The third-order valence-electron chi connectivity index (χ3n) is 3.73. The second-order valence-corrected chi connectivity index (χ2v) is 5.47. The van der Waals surface area contributed by atoms with Gasteiger partial charge in [0.1, 0.15) is 5.58 Å². The Hall–Kier alpha value is -2.10. The van der Waals surface area contributed by atoms with Crippen molar-refractivity contribution in [2.45, 2.75) is 39.5 Å². The van der Waals surface area contributed by atoms with Crippen molar-refractivity contribution in [2.75, 3.05) is 13.1 Å². The molecule has 0 atom stereocenters. The summed E-state index contributed by atoms with van der Waals surface area (Å²) in [5, 5.41) is 0.699. The second-order valence-electron chi connectivity index (χ2n) is 5.47. The number of para-hydroxylation sites is 1. The van der Waals surface area contributed by atoms with Crippen LogP contribution in [-0.2, 0) is 0 Å². The quantitative estimate of drug-likeness (QED) is 0.730. The smallest absolute Gasteiger partial charge is 0.337 e. The van der Waals surface area contributed by atoms with Gasteiger partial charge in [-0.1, -0.05) is 44.9 Å². The highest BCUT2D eigenvalue weighted by atomic mass is 16.4. The topological polar surface area (TPSA) is 50.5 Å². The predicted molar refractivity (Wildman–Crippen MR) is 88.2 cm³/mol. The molecule has 0 saturated heterocycles. The summed E-state index contributed by atoms with van der Waals surface area (Å²) in [5.74, 6) is -0.0778. The number of hydrogen-bond acceptors (Lipinski definition) is 3. The van der Waals surface area contributed by atoms with Gasteiger partial charge < -0.3 is 9.32 Å². The Bertz CT molecular complexity index is 682. The van der Waals surface area contributed by atoms with Crippen molar-refractivity contribution in [3.8, 4) is 0 Å². The van der Waals surface area contributed by atoms with Gasteiger partial charge in [-0.2, -0.15) is 0 Å². The lowest BCUT2D eigenvalue weighted by Gasteiger charge is -2.23. The Morgan fingerprint density at radius 2 is 1.73 bits per heavy atom. The maximum absolute atomic E-state index is 12.9. The van der Waals surface area contributed by atoms with Crippen molar-refractivity contribution in [3.63, 3.8) is 0 Å². The van der Waals surface area contributed by atoms with Crippen LogP contribution in [0.2, 0.25) is 0 Å². The van der Waals surface area contributed by atoms with Gasteiger partial charge in [0.25, 0.3) is 5.91 Å². The zero-order chi connectivity index (χ0) is 15.9. The lowest BCUT2D eigenvalue weighted by Crippen LogP contribution is -2.33. The molecule has 0 radical (unpaired) electrons. The molecule has 1 amide bonds. The predicted octanol–water partition coefficient (Wildman–Crippen LogP) is 3.84. The lowest BCUT2D eigenvalue weighted by atomic mass is 10.1. The van der Waals surface area contributed by atoms with Crippen LogP contribution in [0.4, 0.5) is 0 Å². The molecule has 1 aromatic heterocycles. The lowest BCUT2D eigenvalue weighted by molar-refractivity contribution is 0.0752. The first kappa shape index (κ1) is 16.3. The van der Waals surface area contributed by atoms with Crippen molar-refractivity contribution in [1.82, 2.24) is 4.90 Å². The average molecular weight is 301 g/mol. The summed E-state index contributed by atoms with van der Waals surface area (Å²) < 4.78 is 5.17. The van der Waals surface area contributed by atoms with Crippen molar-refractivity contribution >= 4 is 16.9 Å². The van der Waals surface area contributed by atoms with E-state index in [0.717, 1.165) is 38.8 Å². The number of carbonyl (C=O) groups excluding carboxylic acids is 1. The van der Waals surface area contributed by atoms with Crippen LogP contribution in [-0.4, -0.2) is 23.9 Å². The number of nitrogens with zero attached hydrogens (tertiary/aromatic N) is 1. The molecule has 0 aliphatic heterocycles. The molecule has 0 N–H and O–H groups in total. The van der Waals surface area contributed by atoms with E-state index in [0.29, 0.717) is 16.5 Å². The van der Waals surface area contributed by atoms with Gasteiger partial charge in [0, 0.05) is 24.5 Å². The Morgan fingerprint density at radius 1 is 1.09 bits per heavy atom. The van der Waals surface area contributed by atoms with Gasteiger partial charge in [-0.3, -0.25) is 4.79 Å². The molecule has 4 heteroatoms. The highest BCUT2D eigenvalue weighted by Gasteiger charge is 2.19. The van der Waals surface area contributed by atoms with E-state index >= 15 is 0 Å². The van der Waals surface area contributed by atoms with Gasteiger partial charge in [-0.05, 0) is 18.9 Å². The summed E-state index contributed by atoms with van der Waals surface area (Å²) in [6.07, 6.45) is 4.00. The molecule has 0 saturated carbocycles. The molecule has 0 aliphatic rings. The van der Waals surface area contributed by atoms with E-state index in [1.807, 2.05) is 17.0 Å². The van der Waals surface area contributed by atoms with Gasteiger partial charge in [0.2, 0.25) is 0 Å². The van der Waals surface area contributed by atoms with Crippen LogP contribution in [0.3, 0.4) is 0 Å². The van der Waals surface area contributed by atoms with Crippen molar-refractivity contribution in [2.24, 2.45) is 0 Å². The zero-order valence-electron chi connectivity index (χ0n) is 13.3. The summed E-state index contributed by atoms with van der Waals surface area (Å²) in [5.41, 5.74) is 0.427. The average Bonchev–Trinajstić information content (AvgIpc) is 2.53. The van der Waals surface area contributed by atoms with E-state index in [2.05, 4.69) is 13.8 Å². The van der Waals surface area contributed by atoms with Crippen molar-refractivity contribution < 1.29 is 9.21 Å². The molecule has 22 heavy (non-hydrogen) atoms. The van der Waals surface area contributed by atoms with Gasteiger partial charge in [-0.15, -0.1) is 0 Å². The summed E-state index contributed by atoms with van der Waals surface area (Å²) in [6.45, 7) is 5.66. The van der Waals surface area contributed by atoms with E-state index in [1.54, 1.807) is 12.1 Å². The first-order valence-electron chi connectivity index (χ1n) is 7.99. The maximum Gasteiger partial charge on any atom is 0.337 e. The van der Waals surface area contributed by atoms with E-state index in [1.165, 1.54) is 6.07 Å². The number of fused-ring (bicyclic) bond motifs is 1. The van der Waals surface area contributed by atoms with Crippen LogP contribution >= 0.6 is 0 Å². The summed E-state index contributed by atoms with van der Waals surface area (Å²) >= 11 is 0. The molecule has 1 heterocycles. The number of benzene rings is 1. The number of carbonyl (C=O) groups is 1. The highest BCUT2D eigenvalue weighted by molar-refractivity contribution is 6.05. The van der Waals surface area contributed by atoms with Gasteiger partial charge >= 0.3 is 5.63 Å². The minimum Gasteiger partial charge on any atom is -0.423 e. The fourth-order valence-corrected chi connectivity index (χ4v) is 2.47. The Kier molecular flexibility index (Phi) is 5.75. The molecule has 0 unspecified atom stereocenters. The third kappa shape index (κ3) is 3.75. The minimum atomic E-state index is -0.479. The Labute approximate surface area is 130 Å². The first-order chi connectivity index (χ1) is 10.7. The molecule has 0 aliphatic carbocycles. The zero-order valence-corrected chi connectivity index (χ0v) is 13.3. The number of rotatable bonds is 7. The SMILES string of the molecule is CCCCN(CCCC)C(=O)c1cc(=O)oc2ccccc12. The van der Waals surface area contributed by atoms with Crippen LogP contribution in [0.5, 0.6) is 0 Å². The van der Waals surface area contributed by atoms with Crippen LogP contribution in [0, 0.1) is 0 Å². The molecule has 2 aromatic rings. The van der Waals surface area contributed by atoms with E-state index in [9.17, 15) is 9.59 Å². The molecule has 0 bridgehead atoms. The largest absolute Gasteiger partial charge is 0.423 e. The third-order valence-corrected chi connectivity index (χ3v) is 3.73. The molecule has 1 aromatic carbocycles. The fraction of sp³-hybridized carbons (Fsp3) is 0.444. The van der Waals surface area contributed by atoms with Crippen LogP contribution in [0.25, 0.3) is 11.0 Å². The molecule has 2 rings (SSSR count). The van der Waals surface area contributed by atoms with E-state index < -0.39 is 5.63 Å².